The minimum atomic E-state index is 0.450. The Hall–Kier alpha value is -1.51. The van der Waals surface area contributed by atoms with Crippen molar-refractivity contribution in [1.29, 1.82) is 0 Å². The molecule has 0 saturated carbocycles. The number of rotatable bonds is 1. The van der Waals surface area contributed by atoms with Crippen LogP contribution in [-0.2, 0) is 0 Å². The molecular weight excluding hydrogens is 140 g/mol. The second kappa shape index (κ2) is 2.27. The van der Waals surface area contributed by atoms with Gasteiger partial charge in [-0.2, -0.15) is 4.98 Å². The molecule has 0 aliphatic rings. The van der Waals surface area contributed by atoms with E-state index < -0.39 is 0 Å². The molecule has 1 radical (unpaired) electrons. The molecule has 3 nitrogen and oxygen atoms in total. The summed E-state index contributed by atoms with van der Waals surface area (Å²) < 4.78 is 5.23. The van der Waals surface area contributed by atoms with Crippen LogP contribution in [0.4, 0.5) is 6.01 Å². The van der Waals surface area contributed by atoms with E-state index in [-0.39, 0.29) is 0 Å². The first kappa shape index (κ1) is 6.22. The van der Waals surface area contributed by atoms with Crippen LogP contribution in [0, 0.1) is 7.05 Å². The second-order valence-electron chi connectivity index (χ2n) is 2.16. The lowest BCUT2D eigenvalue weighted by atomic mass is 10.3. The van der Waals surface area contributed by atoms with E-state index in [0.717, 1.165) is 11.1 Å². The van der Waals surface area contributed by atoms with Crippen LogP contribution in [0.15, 0.2) is 28.7 Å². The standard InChI is InChI=1S/C8H7N2O/c1-9-8-10-6-4-2-3-5-7(6)11-8/h2-5H,1H2,(H,9,10). The van der Waals surface area contributed by atoms with Crippen LogP contribution in [0.3, 0.4) is 0 Å². The molecule has 0 aliphatic heterocycles. The summed E-state index contributed by atoms with van der Waals surface area (Å²) in [5.41, 5.74) is 1.62. The fraction of sp³-hybridized carbons (Fsp3) is 0. The predicted molar refractivity (Wildman–Crippen MR) is 43.0 cm³/mol. The van der Waals surface area contributed by atoms with Crippen LogP contribution in [0.5, 0.6) is 0 Å². The summed E-state index contributed by atoms with van der Waals surface area (Å²) in [6.45, 7) is 0. The third-order valence-electron chi connectivity index (χ3n) is 1.45. The summed E-state index contributed by atoms with van der Waals surface area (Å²) in [5.74, 6) is 0. The molecule has 1 heterocycles. The van der Waals surface area contributed by atoms with Gasteiger partial charge in [0.2, 0.25) is 0 Å². The van der Waals surface area contributed by atoms with Crippen molar-refractivity contribution in [3.8, 4) is 0 Å². The van der Waals surface area contributed by atoms with Crippen molar-refractivity contribution in [2.45, 2.75) is 0 Å². The van der Waals surface area contributed by atoms with Crippen LogP contribution in [0.25, 0.3) is 11.1 Å². The van der Waals surface area contributed by atoms with Gasteiger partial charge in [-0.15, -0.1) is 0 Å². The van der Waals surface area contributed by atoms with Crippen molar-refractivity contribution in [1.82, 2.24) is 4.98 Å². The molecule has 0 unspecified atom stereocenters. The monoisotopic (exact) mass is 147 g/mol. The van der Waals surface area contributed by atoms with E-state index in [2.05, 4.69) is 17.3 Å². The molecule has 2 aromatic rings. The molecule has 2 rings (SSSR count). The van der Waals surface area contributed by atoms with Crippen molar-refractivity contribution in [3.63, 3.8) is 0 Å². The van der Waals surface area contributed by atoms with E-state index in [0.29, 0.717) is 6.01 Å². The fourth-order valence-corrected chi connectivity index (χ4v) is 0.948. The van der Waals surface area contributed by atoms with Crippen LogP contribution in [0.2, 0.25) is 0 Å². The molecule has 3 heteroatoms. The molecule has 0 aliphatic carbocycles. The van der Waals surface area contributed by atoms with Crippen molar-refractivity contribution >= 4 is 17.1 Å². The van der Waals surface area contributed by atoms with Crippen molar-refractivity contribution in [2.24, 2.45) is 0 Å². The van der Waals surface area contributed by atoms with E-state index in [1.807, 2.05) is 24.3 Å². The topological polar surface area (TPSA) is 38.1 Å². The predicted octanol–water partition coefficient (Wildman–Crippen LogP) is 2.03. The highest BCUT2D eigenvalue weighted by molar-refractivity contribution is 5.74. The van der Waals surface area contributed by atoms with Gasteiger partial charge in [0.25, 0.3) is 6.01 Å². The number of nitrogens with one attached hydrogen (secondary N) is 1. The van der Waals surface area contributed by atoms with Crippen molar-refractivity contribution < 1.29 is 4.42 Å². The Labute approximate surface area is 64.0 Å². The first-order chi connectivity index (χ1) is 5.40. The zero-order valence-corrected chi connectivity index (χ0v) is 5.87. The van der Waals surface area contributed by atoms with E-state index >= 15 is 0 Å². The fourth-order valence-electron chi connectivity index (χ4n) is 0.948. The lowest BCUT2D eigenvalue weighted by Gasteiger charge is -1.84. The number of para-hydroxylation sites is 2. The molecule has 0 fully saturated rings. The molecule has 11 heavy (non-hydrogen) atoms. The Morgan fingerprint density at radius 2 is 2.18 bits per heavy atom. The Morgan fingerprint density at radius 3 is 2.91 bits per heavy atom. The van der Waals surface area contributed by atoms with Gasteiger partial charge in [0.05, 0.1) is 0 Å². The number of fused-ring (bicyclic) bond motifs is 1. The number of hydrogen-bond acceptors (Lipinski definition) is 3. The molecule has 55 valence electrons. The van der Waals surface area contributed by atoms with Crippen LogP contribution < -0.4 is 5.32 Å². The molecular formula is C8H7N2O. The molecule has 0 saturated heterocycles. The van der Waals surface area contributed by atoms with E-state index in [4.69, 9.17) is 4.42 Å². The van der Waals surface area contributed by atoms with Gasteiger partial charge >= 0.3 is 0 Å². The third kappa shape index (κ3) is 0.941. The Balaban J connectivity index is 2.69. The van der Waals surface area contributed by atoms with Gasteiger partial charge in [0.15, 0.2) is 5.58 Å². The summed E-state index contributed by atoms with van der Waals surface area (Å²) in [6.07, 6.45) is 0. The van der Waals surface area contributed by atoms with Gasteiger partial charge in [-0.1, -0.05) is 12.1 Å². The van der Waals surface area contributed by atoms with Crippen molar-refractivity contribution in [3.05, 3.63) is 31.3 Å². The zero-order valence-electron chi connectivity index (χ0n) is 5.87. The average Bonchev–Trinajstić information content (AvgIpc) is 2.46. The maximum absolute atomic E-state index is 5.23. The molecule has 0 amide bonds. The zero-order chi connectivity index (χ0) is 7.68. The molecule has 1 aromatic heterocycles. The van der Waals surface area contributed by atoms with Crippen LogP contribution in [-0.4, -0.2) is 4.98 Å². The van der Waals surface area contributed by atoms with Gasteiger partial charge in [0, 0.05) is 7.05 Å². The number of anilines is 1. The number of nitrogens with zero attached hydrogens (tertiary/aromatic N) is 1. The van der Waals surface area contributed by atoms with Gasteiger partial charge in [-0.05, 0) is 12.1 Å². The smallest absolute Gasteiger partial charge is 0.295 e. The van der Waals surface area contributed by atoms with E-state index in [1.54, 1.807) is 0 Å². The first-order valence-electron chi connectivity index (χ1n) is 3.29. The largest absolute Gasteiger partial charge is 0.424 e. The number of oxazole rings is 1. The molecule has 0 bridgehead atoms. The summed E-state index contributed by atoms with van der Waals surface area (Å²) in [6, 6.07) is 8.02. The maximum Gasteiger partial charge on any atom is 0.295 e. The van der Waals surface area contributed by atoms with Crippen molar-refractivity contribution in [2.75, 3.05) is 5.32 Å². The Morgan fingerprint density at radius 1 is 1.36 bits per heavy atom. The highest BCUT2D eigenvalue weighted by Gasteiger charge is 2.00. The number of benzene rings is 1. The second-order valence-corrected chi connectivity index (χ2v) is 2.16. The highest BCUT2D eigenvalue weighted by atomic mass is 16.4. The van der Waals surface area contributed by atoms with E-state index in [9.17, 15) is 0 Å². The molecule has 1 aromatic carbocycles. The quantitative estimate of drug-likeness (QED) is 0.670. The Bertz CT molecular complexity index is 334. The number of hydrogen-bond donors (Lipinski definition) is 1. The summed E-state index contributed by atoms with van der Waals surface area (Å²) in [4.78, 5) is 4.09. The summed E-state index contributed by atoms with van der Waals surface area (Å²) >= 11 is 0. The van der Waals surface area contributed by atoms with Crippen LogP contribution in [0.1, 0.15) is 0 Å². The SMILES string of the molecule is [CH2]Nc1nc2ccccc2o1. The normalized spacial score (nSPS) is 10.3. The minimum Gasteiger partial charge on any atom is -0.424 e. The Kier molecular flexibility index (Phi) is 1.28. The molecule has 0 atom stereocenters. The van der Waals surface area contributed by atoms with Gasteiger partial charge in [-0.25, -0.2) is 0 Å². The van der Waals surface area contributed by atoms with Gasteiger partial charge in [-0.3, -0.25) is 0 Å². The molecule has 1 N–H and O–H groups in total. The van der Waals surface area contributed by atoms with Crippen LogP contribution >= 0.6 is 0 Å². The molecule has 0 spiro atoms. The van der Waals surface area contributed by atoms with Gasteiger partial charge in [0.1, 0.15) is 5.52 Å². The third-order valence-corrected chi connectivity index (χ3v) is 1.45. The first-order valence-corrected chi connectivity index (χ1v) is 3.29. The average molecular weight is 147 g/mol. The summed E-state index contributed by atoms with van der Waals surface area (Å²) in [7, 11) is 3.44. The lowest BCUT2D eigenvalue weighted by Crippen LogP contribution is -1.81. The number of aromatic nitrogens is 1. The van der Waals surface area contributed by atoms with E-state index in [1.165, 1.54) is 0 Å². The summed E-state index contributed by atoms with van der Waals surface area (Å²) in [5, 5.41) is 2.59. The lowest BCUT2D eigenvalue weighted by molar-refractivity contribution is 0.622. The minimum absolute atomic E-state index is 0.450. The highest BCUT2D eigenvalue weighted by Crippen LogP contribution is 2.17. The maximum atomic E-state index is 5.23. The van der Waals surface area contributed by atoms with Gasteiger partial charge < -0.3 is 9.73 Å².